The minimum Gasteiger partial charge on any atom is -0.389 e. The summed E-state index contributed by atoms with van der Waals surface area (Å²) in [4.78, 5) is 0. The smallest absolute Gasteiger partial charge is 0.0811 e. The van der Waals surface area contributed by atoms with Crippen LogP contribution in [-0.2, 0) is 9.73 Å². The summed E-state index contributed by atoms with van der Waals surface area (Å²) in [5.74, 6) is 0.199. The van der Waals surface area contributed by atoms with Crippen molar-refractivity contribution in [1.29, 1.82) is 4.78 Å². The molecule has 0 radical (unpaired) electrons. The van der Waals surface area contributed by atoms with E-state index >= 15 is 0 Å². The summed E-state index contributed by atoms with van der Waals surface area (Å²) in [6.45, 7) is 4.96. The molecule has 4 nitrogen and oxygen atoms in total. The second-order valence-electron chi connectivity index (χ2n) is 5.10. The molecular formula is C11H24N2O2S. The lowest BCUT2D eigenvalue weighted by atomic mass is 9.77. The Morgan fingerprint density at radius 1 is 1.62 bits per heavy atom. The lowest BCUT2D eigenvalue weighted by Crippen LogP contribution is -2.54. The Morgan fingerprint density at radius 3 is 2.69 bits per heavy atom. The molecule has 0 amide bonds. The van der Waals surface area contributed by atoms with E-state index in [1.54, 1.807) is 0 Å². The van der Waals surface area contributed by atoms with E-state index in [2.05, 4.69) is 12.2 Å². The van der Waals surface area contributed by atoms with Gasteiger partial charge in [0.2, 0.25) is 0 Å². The van der Waals surface area contributed by atoms with Crippen molar-refractivity contribution in [2.75, 3.05) is 18.6 Å². The summed E-state index contributed by atoms with van der Waals surface area (Å²) in [5.41, 5.74) is -0.958. The molecule has 0 saturated carbocycles. The second kappa shape index (κ2) is 5.02. The molecule has 5 heteroatoms. The van der Waals surface area contributed by atoms with E-state index in [0.717, 1.165) is 19.4 Å². The quantitative estimate of drug-likeness (QED) is 0.700. The molecule has 1 aliphatic heterocycles. The Balaban J connectivity index is 2.85. The molecule has 0 aliphatic carbocycles. The van der Waals surface area contributed by atoms with Gasteiger partial charge in [-0.2, -0.15) is 0 Å². The maximum Gasteiger partial charge on any atom is 0.0811 e. The van der Waals surface area contributed by atoms with Crippen LogP contribution in [0.1, 0.15) is 33.1 Å². The molecule has 0 spiro atoms. The van der Waals surface area contributed by atoms with Gasteiger partial charge in [0, 0.05) is 27.9 Å². The molecule has 16 heavy (non-hydrogen) atoms. The number of aliphatic hydroxyl groups is 1. The standard InChI is InChI=1S/C11H24N2O2S/c1-4-11(14,8-16(3,12)15)10-6-5-7-13-9(10)2/h9-10,12-14H,4-8H2,1-3H3/t9?,10-,11+,16?/m1/s1. The molecular weight excluding hydrogens is 224 g/mol. The van der Waals surface area contributed by atoms with Crippen LogP contribution in [0.3, 0.4) is 0 Å². The first-order valence-corrected chi connectivity index (χ1v) is 8.09. The van der Waals surface area contributed by atoms with E-state index in [0.29, 0.717) is 6.42 Å². The number of piperidine rings is 1. The van der Waals surface area contributed by atoms with Crippen LogP contribution >= 0.6 is 0 Å². The molecule has 0 bridgehead atoms. The summed E-state index contributed by atoms with van der Waals surface area (Å²) in [5, 5.41) is 14.0. The van der Waals surface area contributed by atoms with Crippen molar-refractivity contribution in [3.05, 3.63) is 0 Å². The van der Waals surface area contributed by atoms with E-state index < -0.39 is 15.3 Å². The lowest BCUT2D eigenvalue weighted by Gasteiger charge is -2.42. The Labute approximate surface area is 98.8 Å². The molecule has 1 aliphatic rings. The van der Waals surface area contributed by atoms with Crippen LogP contribution in [0.5, 0.6) is 0 Å². The highest BCUT2D eigenvalue weighted by atomic mass is 32.2. The minimum atomic E-state index is -2.64. The highest BCUT2D eigenvalue weighted by Crippen LogP contribution is 2.32. The summed E-state index contributed by atoms with van der Waals surface area (Å²) >= 11 is 0. The summed E-state index contributed by atoms with van der Waals surface area (Å²) in [7, 11) is -2.64. The average molecular weight is 248 g/mol. The molecule has 1 fully saturated rings. The van der Waals surface area contributed by atoms with Crippen molar-refractivity contribution in [2.45, 2.75) is 44.8 Å². The van der Waals surface area contributed by atoms with E-state index in [9.17, 15) is 9.32 Å². The van der Waals surface area contributed by atoms with Crippen molar-refractivity contribution in [1.82, 2.24) is 5.32 Å². The minimum absolute atomic E-state index is 0.0905. The lowest BCUT2D eigenvalue weighted by molar-refractivity contribution is -0.0257. The summed E-state index contributed by atoms with van der Waals surface area (Å²) in [6, 6.07) is 0.237. The zero-order chi connectivity index (χ0) is 12.4. The highest BCUT2D eigenvalue weighted by Gasteiger charge is 2.40. The van der Waals surface area contributed by atoms with Crippen LogP contribution < -0.4 is 5.32 Å². The van der Waals surface area contributed by atoms with Crippen molar-refractivity contribution in [3.63, 3.8) is 0 Å². The third kappa shape index (κ3) is 3.43. The first-order chi connectivity index (χ1) is 7.28. The second-order valence-corrected chi connectivity index (χ2v) is 7.40. The van der Waals surface area contributed by atoms with E-state index in [-0.39, 0.29) is 17.7 Å². The molecule has 96 valence electrons. The largest absolute Gasteiger partial charge is 0.389 e. The van der Waals surface area contributed by atoms with Crippen LogP contribution in [0.4, 0.5) is 0 Å². The molecule has 1 saturated heterocycles. The van der Waals surface area contributed by atoms with Crippen molar-refractivity contribution >= 4 is 9.73 Å². The predicted molar refractivity (Wildman–Crippen MR) is 67.1 cm³/mol. The molecule has 2 unspecified atom stereocenters. The van der Waals surface area contributed by atoms with E-state index in [4.69, 9.17) is 4.78 Å². The first-order valence-electron chi connectivity index (χ1n) is 5.96. The number of nitrogens with one attached hydrogen (secondary N) is 2. The van der Waals surface area contributed by atoms with Gasteiger partial charge >= 0.3 is 0 Å². The molecule has 4 atom stereocenters. The number of hydrogen-bond donors (Lipinski definition) is 3. The fourth-order valence-corrected chi connectivity index (χ4v) is 4.10. The summed E-state index contributed by atoms with van der Waals surface area (Å²) in [6.07, 6.45) is 3.97. The maximum atomic E-state index is 11.6. The van der Waals surface area contributed by atoms with Gasteiger partial charge in [-0.1, -0.05) is 6.92 Å². The number of hydrogen-bond acceptors (Lipinski definition) is 4. The Kier molecular flexibility index (Phi) is 4.37. The number of rotatable bonds is 4. The topological polar surface area (TPSA) is 73.2 Å². The predicted octanol–water partition coefficient (Wildman–Crippen LogP) is 1.19. The molecule has 1 rings (SSSR count). The SMILES string of the molecule is CC[C@](O)(CS(C)(=N)=O)[C@@H]1CCCNC1C. The van der Waals surface area contributed by atoms with Gasteiger partial charge in [-0.25, -0.2) is 0 Å². The Morgan fingerprint density at radius 2 is 2.25 bits per heavy atom. The van der Waals surface area contributed by atoms with Gasteiger partial charge in [0.1, 0.15) is 0 Å². The van der Waals surface area contributed by atoms with Gasteiger partial charge in [-0.05, 0) is 32.7 Å². The fourth-order valence-electron chi connectivity index (χ4n) is 2.73. The fraction of sp³-hybridized carbons (Fsp3) is 1.00. The molecule has 0 aromatic heterocycles. The maximum absolute atomic E-state index is 11.6. The Bertz CT molecular complexity index is 329. The molecule has 0 aromatic rings. The first kappa shape index (κ1) is 13.9. The molecule has 1 heterocycles. The van der Waals surface area contributed by atoms with Crippen molar-refractivity contribution in [2.24, 2.45) is 5.92 Å². The van der Waals surface area contributed by atoms with E-state index in [1.807, 2.05) is 6.92 Å². The van der Waals surface area contributed by atoms with Gasteiger partial charge in [0.25, 0.3) is 0 Å². The molecule has 3 N–H and O–H groups in total. The van der Waals surface area contributed by atoms with Gasteiger partial charge in [-0.3, -0.25) is 8.99 Å². The molecule has 0 aromatic carbocycles. The zero-order valence-electron chi connectivity index (χ0n) is 10.5. The zero-order valence-corrected chi connectivity index (χ0v) is 11.3. The van der Waals surface area contributed by atoms with Gasteiger partial charge in [-0.15, -0.1) is 0 Å². The van der Waals surface area contributed by atoms with Crippen LogP contribution in [0.25, 0.3) is 0 Å². The highest BCUT2D eigenvalue weighted by molar-refractivity contribution is 7.91. The summed E-state index contributed by atoms with van der Waals surface area (Å²) < 4.78 is 19.1. The monoisotopic (exact) mass is 248 g/mol. The van der Waals surface area contributed by atoms with Crippen LogP contribution in [0, 0.1) is 10.7 Å². The normalized spacial score (nSPS) is 34.0. The van der Waals surface area contributed by atoms with Crippen molar-refractivity contribution < 1.29 is 9.32 Å². The third-order valence-corrected chi connectivity index (χ3v) is 4.64. The third-order valence-electron chi connectivity index (χ3n) is 3.59. The van der Waals surface area contributed by atoms with E-state index in [1.165, 1.54) is 6.26 Å². The van der Waals surface area contributed by atoms with Gasteiger partial charge < -0.3 is 10.4 Å². The van der Waals surface area contributed by atoms with Crippen LogP contribution in [0.15, 0.2) is 0 Å². The van der Waals surface area contributed by atoms with Crippen LogP contribution in [0.2, 0.25) is 0 Å². The van der Waals surface area contributed by atoms with Crippen LogP contribution in [-0.4, -0.2) is 39.5 Å². The van der Waals surface area contributed by atoms with Crippen molar-refractivity contribution in [3.8, 4) is 0 Å². The van der Waals surface area contributed by atoms with Gasteiger partial charge in [0.05, 0.1) is 11.4 Å². The average Bonchev–Trinajstić information content (AvgIpc) is 2.15. The Hall–Kier alpha value is -0.130. The van der Waals surface area contributed by atoms with Gasteiger partial charge in [0.15, 0.2) is 0 Å².